The molecule has 0 saturated carbocycles. The summed E-state index contributed by atoms with van der Waals surface area (Å²) in [4.78, 5) is 31.0. The Morgan fingerprint density at radius 1 is 1.12 bits per heavy atom. The van der Waals surface area contributed by atoms with Gasteiger partial charge in [0.25, 0.3) is 5.91 Å². The van der Waals surface area contributed by atoms with E-state index < -0.39 is 0 Å². The predicted molar refractivity (Wildman–Crippen MR) is 95.6 cm³/mol. The molecule has 0 radical (unpaired) electrons. The summed E-state index contributed by atoms with van der Waals surface area (Å²) < 4.78 is 1.44. The van der Waals surface area contributed by atoms with Crippen LogP contribution in [0, 0.1) is 0 Å². The SMILES string of the molecule is O=C(c1ccc(C2CCCN2C(=O)Cn2cnnn2)s1)N1CCCCC1. The summed E-state index contributed by atoms with van der Waals surface area (Å²) in [6, 6.07) is 3.97. The first kappa shape index (κ1) is 17.1. The molecule has 1 unspecified atom stereocenters. The molecule has 2 aliphatic heterocycles. The number of hydrogen-bond donors (Lipinski definition) is 0. The van der Waals surface area contributed by atoms with Crippen molar-refractivity contribution in [3.8, 4) is 0 Å². The van der Waals surface area contributed by atoms with Crippen LogP contribution in [-0.2, 0) is 11.3 Å². The van der Waals surface area contributed by atoms with E-state index in [9.17, 15) is 9.59 Å². The molecule has 4 heterocycles. The van der Waals surface area contributed by atoms with Crippen molar-refractivity contribution in [2.24, 2.45) is 0 Å². The van der Waals surface area contributed by atoms with Crippen LogP contribution in [0.1, 0.15) is 52.7 Å². The molecule has 0 spiro atoms. The fraction of sp³-hybridized carbons (Fsp3) is 0.588. The van der Waals surface area contributed by atoms with Crippen molar-refractivity contribution in [3.05, 3.63) is 28.2 Å². The minimum atomic E-state index is 0.0112. The summed E-state index contributed by atoms with van der Waals surface area (Å²) in [6.07, 6.45) is 6.74. The van der Waals surface area contributed by atoms with Gasteiger partial charge in [0.05, 0.1) is 10.9 Å². The number of piperidine rings is 1. The third-order valence-corrected chi connectivity index (χ3v) is 6.25. The molecule has 0 N–H and O–H groups in total. The minimum absolute atomic E-state index is 0.0112. The van der Waals surface area contributed by atoms with E-state index in [-0.39, 0.29) is 24.4 Å². The fourth-order valence-electron chi connectivity index (χ4n) is 3.74. The van der Waals surface area contributed by atoms with Gasteiger partial charge in [0.2, 0.25) is 5.91 Å². The Morgan fingerprint density at radius 3 is 2.73 bits per heavy atom. The second-order valence-electron chi connectivity index (χ2n) is 6.81. The van der Waals surface area contributed by atoms with Crippen molar-refractivity contribution in [2.75, 3.05) is 19.6 Å². The molecule has 2 aromatic rings. The van der Waals surface area contributed by atoms with E-state index in [4.69, 9.17) is 0 Å². The van der Waals surface area contributed by atoms with Crippen LogP contribution in [0.3, 0.4) is 0 Å². The van der Waals surface area contributed by atoms with E-state index in [0.29, 0.717) is 0 Å². The van der Waals surface area contributed by atoms with Crippen molar-refractivity contribution in [1.82, 2.24) is 30.0 Å². The van der Waals surface area contributed by atoms with Gasteiger partial charge in [-0.3, -0.25) is 9.59 Å². The molecule has 0 aromatic carbocycles. The summed E-state index contributed by atoms with van der Waals surface area (Å²) in [7, 11) is 0. The van der Waals surface area contributed by atoms with Crippen molar-refractivity contribution in [2.45, 2.75) is 44.7 Å². The maximum absolute atomic E-state index is 12.7. The summed E-state index contributed by atoms with van der Waals surface area (Å²) in [5.74, 6) is 0.141. The van der Waals surface area contributed by atoms with Gasteiger partial charge in [-0.15, -0.1) is 16.4 Å². The maximum Gasteiger partial charge on any atom is 0.263 e. The van der Waals surface area contributed by atoms with Crippen molar-refractivity contribution in [1.29, 1.82) is 0 Å². The number of likely N-dealkylation sites (tertiary alicyclic amines) is 2. The highest BCUT2D eigenvalue weighted by Gasteiger charge is 2.32. The summed E-state index contributed by atoms with van der Waals surface area (Å²) in [6.45, 7) is 2.59. The molecule has 0 bridgehead atoms. The number of rotatable bonds is 4. The van der Waals surface area contributed by atoms with E-state index in [0.717, 1.165) is 55.1 Å². The molecule has 8 nitrogen and oxygen atoms in total. The number of aromatic nitrogens is 4. The van der Waals surface area contributed by atoms with E-state index in [1.807, 2.05) is 21.9 Å². The highest BCUT2D eigenvalue weighted by Crippen LogP contribution is 2.36. The molecule has 1 atom stereocenters. The zero-order valence-corrected chi connectivity index (χ0v) is 15.4. The van der Waals surface area contributed by atoms with Crippen LogP contribution in [0.2, 0.25) is 0 Å². The molecule has 2 aromatic heterocycles. The number of carbonyl (C=O) groups is 2. The number of amides is 2. The molecule has 2 fully saturated rings. The van der Waals surface area contributed by atoms with Crippen molar-refractivity contribution < 1.29 is 9.59 Å². The summed E-state index contributed by atoms with van der Waals surface area (Å²) in [5.41, 5.74) is 0. The van der Waals surface area contributed by atoms with Crippen molar-refractivity contribution in [3.63, 3.8) is 0 Å². The molecule has 2 amide bonds. The minimum Gasteiger partial charge on any atom is -0.338 e. The number of carbonyl (C=O) groups excluding carboxylic acids is 2. The lowest BCUT2D eigenvalue weighted by molar-refractivity contribution is -0.133. The van der Waals surface area contributed by atoms with Gasteiger partial charge >= 0.3 is 0 Å². The van der Waals surface area contributed by atoms with Gasteiger partial charge in [-0.1, -0.05) is 0 Å². The first-order valence-electron chi connectivity index (χ1n) is 9.11. The Hall–Kier alpha value is -2.29. The zero-order chi connectivity index (χ0) is 17.9. The standard InChI is InChI=1S/C17H22N6O2S/c24-16(11-22-12-18-19-20-22)23-10-4-5-13(23)14-6-7-15(26-14)17(25)21-8-2-1-3-9-21/h6-7,12-13H,1-5,8-11H2. The lowest BCUT2D eigenvalue weighted by Crippen LogP contribution is -2.35. The molecular weight excluding hydrogens is 352 g/mol. The smallest absolute Gasteiger partial charge is 0.263 e. The van der Waals surface area contributed by atoms with Crippen molar-refractivity contribution >= 4 is 23.2 Å². The first-order chi connectivity index (χ1) is 12.7. The second kappa shape index (κ2) is 7.53. The van der Waals surface area contributed by atoms with E-state index in [2.05, 4.69) is 15.5 Å². The van der Waals surface area contributed by atoms with Gasteiger partial charge in [0.1, 0.15) is 12.9 Å². The molecular formula is C17H22N6O2S. The average Bonchev–Trinajstić information content (AvgIpc) is 3.41. The predicted octanol–water partition coefficient (Wildman–Crippen LogP) is 1.72. The number of tetrazole rings is 1. The Bertz CT molecular complexity index is 768. The van der Waals surface area contributed by atoms with Crippen LogP contribution >= 0.6 is 11.3 Å². The molecule has 138 valence electrons. The van der Waals surface area contributed by atoms with Crippen LogP contribution in [0.4, 0.5) is 0 Å². The van der Waals surface area contributed by atoms with Gasteiger partial charge in [0, 0.05) is 24.5 Å². The molecule has 2 aliphatic rings. The van der Waals surface area contributed by atoms with Gasteiger partial charge in [0.15, 0.2) is 0 Å². The largest absolute Gasteiger partial charge is 0.338 e. The van der Waals surface area contributed by atoms with Crippen LogP contribution in [-0.4, -0.2) is 61.5 Å². The zero-order valence-electron chi connectivity index (χ0n) is 14.6. The third-order valence-electron chi connectivity index (χ3n) is 5.07. The number of hydrogen-bond acceptors (Lipinski definition) is 6. The summed E-state index contributed by atoms with van der Waals surface area (Å²) >= 11 is 1.53. The topological polar surface area (TPSA) is 84.2 Å². The van der Waals surface area contributed by atoms with Crippen LogP contribution in [0.25, 0.3) is 0 Å². The van der Waals surface area contributed by atoms with E-state index in [1.54, 1.807) is 0 Å². The Labute approximate surface area is 155 Å². The quantitative estimate of drug-likeness (QED) is 0.814. The Balaban J connectivity index is 1.45. The van der Waals surface area contributed by atoms with Crippen LogP contribution < -0.4 is 0 Å². The highest BCUT2D eigenvalue weighted by molar-refractivity contribution is 7.14. The first-order valence-corrected chi connectivity index (χ1v) is 9.93. The monoisotopic (exact) mass is 374 g/mol. The molecule has 4 rings (SSSR count). The number of thiophene rings is 1. The van der Waals surface area contributed by atoms with Gasteiger partial charge in [-0.2, -0.15) is 0 Å². The average molecular weight is 374 g/mol. The van der Waals surface area contributed by atoms with Gasteiger partial charge in [-0.25, -0.2) is 4.68 Å². The lowest BCUT2D eigenvalue weighted by atomic mass is 10.1. The van der Waals surface area contributed by atoms with E-state index >= 15 is 0 Å². The number of nitrogens with zero attached hydrogens (tertiary/aromatic N) is 6. The fourth-order valence-corrected chi connectivity index (χ4v) is 4.87. The lowest BCUT2D eigenvalue weighted by Gasteiger charge is -2.26. The van der Waals surface area contributed by atoms with Gasteiger partial charge < -0.3 is 9.80 Å². The molecule has 0 aliphatic carbocycles. The van der Waals surface area contributed by atoms with Gasteiger partial charge in [-0.05, 0) is 54.7 Å². The van der Waals surface area contributed by atoms with Crippen LogP contribution in [0.15, 0.2) is 18.5 Å². The van der Waals surface area contributed by atoms with E-state index in [1.165, 1.54) is 28.8 Å². The van der Waals surface area contributed by atoms with Crippen LogP contribution in [0.5, 0.6) is 0 Å². The Morgan fingerprint density at radius 2 is 1.96 bits per heavy atom. The second-order valence-corrected chi connectivity index (χ2v) is 7.92. The molecule has 9 heteroatoms. The normalized spacial score (nSPS) is 20.5. The highest BCUT2D eigenvalue weighted by atomic mass is 32.1. The Kier molecular flexibility index (Phi) is 4.96. The summed E-state index contributed by atoms with van der Waals surface area (Å²) in [5, 5.41) is 10.9. The molecule has 26 heavy (non-hydrogen) atoms. The maximum atomic E-state index is 12.7. The third kappa shape index (κ3) is 3.48. The molecule has 2 saturated heterocycles.